The highest BCUT2D eigenvalue weighted by Crippen LogP contribution is 2.12. The summed E-state index contributed by atoms with van der Waals surface area (Å²) in [6.07, 6.45) is 0. The molecule has 0 aromatic carbocycles. The summed E-state index contributed by atoms with van der Waals surface area (Å²) in [6.45, 7) is 8.08. The van der Waals surface area contributed by atoms with E-state index in [2.05, 4.69) is 32.6 Å². The predicted molar refractivity (Wildman–Crippen MR) is 95.1 cm³/mol. The van der Waals surface area contributed by atoms with Crippen molar-refractivity contribution in [2.75, 3.05) is 13.7 Å². The van der Waals surface area contributed by atoms with Crippen molar-refractivity contribution in [2.45, 2.75) is 33.9 Å². The van der Waals surface area contributed by atoms with Crippen molar-refractivity contribution in [2.24, 2.45) is 12.0 Å². The van der Waals surface area contributed by atoms with Crippen molar-refractivity contribution in [1.29, 1.82) is 0 Å². The molecule has 0 fully saturated rings. The SMILES string of the molecule is CCNC(=NCc1c(C)nn(C)c1C)NCc1cccc(OC)n1. The lowest BCUT2D eigenvalue weighted by atomic mass is 10.2. The summed E-state index contributed by atoms with van der Waals surface area (Å²) >= 11 is 0. The molecule has 0 unspecified atom stereocenters. The van der Waals surface area contributed by atoms with E-state index in [-0.39, 0.29) is 0 Å². The highest BCUT2D eigenvalue weighted by Gasteiger charge is 2.09. The average Bonchev–Trinajstić information content (AvgIpc) is 2.83. The molecular weight excluding hydrogens is 304 g/mol. The Labute approximate surface area is 143 Å². The van der Waals surface area contributed by atoms with Gasteiger partial charge in [0.05, 0.1) is 31.6 Å². The van der Waals surface area contributed by atoms with Crippen molar-refractivity contribution in [3.63, 3.8) is 0 Å². The maximum atomic E-state index is 5.15. The minimum absolute atomic E-state index is 0.577. The van der Waals surface area contributed by atoms with Gasteiger partial charge in [0.15, 0.2) is 5.96 Å². The summed E-state index contributed by atoms with van der Waals surface area (Å²) in [7, 11) is 3.57. The second-order valence-electron chi connectivity index (χ2n) is 5.49. The standard InChI is InChI=1S/C17H26N6O/c1-6-18-17(19-10-14-8-7-9-16(21-14)24-5)20-11-15-12(2)22-23(4)13(15)3/h7-9H,6,10-11H2,1-5H3,(H2,18,19,20). The van der Waals surface area contributed by atoms with Crippen LogP contribution in [0.2, 0.25) is 0 Å². The van der Waals surface area contributed by atoms with Gasteiger partial charge in [0.2, 0.25) is 5.88 Å². The molecule has 0 aliphatic heterocycles. The molecule has 2 N–H and O–H groups in total. The molecule has 0 aliphatic carbocycles. The van der Waals surface area contributed by atoms with E-state index < -0.39 is 0 Å². The van der Waals surface area contributed by atoms with Crippen LogP contribution < -0.4 is 15.4 Å². The Kier molecular flexibility index (Phi) is 6.17. The molecule has 0 saturated carbocycles. The number of hydrogen-bond donors (Lipinski definition) is 2. The number of aromatic nitrogens is 3. The topological polar surface area (TPSA) is 76.4 Å². The van der Waals surface area contributed by atoms with Crippen LogP contribution in [-0.2, 0) is 20.1 Å². The summed E-state index contributed by atoms with van der Waals surface area (Å²) in [6, 6.07) is 5.71. The molecule has 24 heavy (non-hydrogen) atoms. The van der Waals surface area contributed by atoms with Crippen LogP contribution in [0.25, 0.3) is 0 Å². The fraction of sp³-hybridized carbons (Fsp3) is 0.471. The van der Waals surface area contributed by atoms with Gasteiger partial charge < -0.3 is 15.4 Å². The van der Waals surface area contributed by atoms with Crippen molar-refractivity contribution >= 4 is 5.96 Å². The van der Waals surface area contributed by atoms with Crippen molar-refractivity contribution in [3.8, 4) is 5.88 Å². The second kappa shape index (κ2) is 8.33. The molecule has 0 atom stereocenters. The Hall–Kier alpha value is -2.57. The van der Waals surface area contributed by atoms with Crippen molar-refractivity contribution < 1.29 is 4.74 Å². The summed E-state index contributed by atoms with van der Waals surface area (Å²) in [5, 5.41) is 11.0. The first-order valence-electron chi connectivity index (χ1n) is 8.06. The number of hydrogen-bond acceptors (Lipinski definition) is 4. The Bertz CT molecular complexity index is 707. The maximum Gasteiger partial charge on any atom is 0.213 e. The number of nitrogens with zero attached hydrogens (tertiary/aromatic N) is 4. The predicted octanol–water partition coefficient (Wildman–Crippen LogP) is 1.70. The zero-order valence-corrected chi connectivity index (χ0v) is 15.1. The molecule has 0 spiro atoms. The van der Waals surface area contributed by atoms with Gasteiger partial charge in [-0.2, -0.15) is 5.10 Å². The van der Waals surface area contributed by atoms with Crippen LogP contribution in [0.3, 0.4) is 0 Å². The molecule has 2 rings (SSSR count). The van der Waals surface area contributed by atoms with Gasteiger partial charge in [0.25, 0.3) is 0 Å². The lowest BCUT2D eigenvalue weighted by molar-refractivity contribution is 0.396. The minimum Gasteiger partial charge on any atom is -0.481 e. The van der Waals surface area contributed by atoms with E-state index in [1.165, 1.54) is 0 Å². The first-order chi connectivity index (χ1) is 11.5. The van der Waals surface area contributed by atoms with E-state index in [1.54, 1.807) is 7.11 Å². The van der Waals surface area contributed by atoms with Crippen LogP contribution in [0, 0.1) is 13.8 Å². The number of rotatable bonds is 6. The molecule has 130 valence electrons. The summed E-state index contributed by atoms with van der Waals surface area (Å²) in [4.78, 5) is 9.05. The normalized spacial score (nSPS) is 11.5. The Morgan fingerprint density at radius 2 is 2.08 bits per heavy atom. The highest BCUT2D eigenvalue weighted by molar-refractivity contribution is 5.79. The molecule has 2 heterocycles. The zero-order valence-electron chi connectivity index (χ0n) is 15.1. The summed E-state index contributed by atoms with van der Waals surface area (Å²) in [5.74, 6) is 1.36. The van der Waals surface area contributed by atoms with Crippen LogP contribution in [0.1, 0.15) is 29.6 Å². The first-order valence-corrected chi connectivity index (χ1v) is 8.06. The molecule has 7 heteroatoms. The van der Waals surface area contributed by atoms with Crippen LogP contribution >= 0.6 is 0 Å². The Morgan fingerprint density at radius 3 is 2.71 bits per heavy atom. The largest absolute Gasteiger partial charge is 0.481 e. The van der Waals surface area contributed by atoms with Gasteiger partial charge >= 0.3 is 0 Å². The number of aliphatic imine (C=N–C) groups is 1. The summed E-state index contributed by atoms with van der Waals surface area (Å²) < 4.78 is 7.04. The fourth-order valence-electron chi connectivity index (χ4n) is 2.39. The maximum absolute atomic E-state index is 5.15. The third-order valence-corrected chi connectivity index (χ3v) is 3.83. The van der Waals surface area contributed by atoms with Gasteiger partial charge in [-0.05, 0) is 26.8 Å². The number of methoxy groups -OCH3 is 1. The van der Waals surface area contributed by atoms with E-state index >= 15 is 0 Å². The highest BCUT2D eigenvalue weighted by atomic mass is 16.5. The molecule has 0 amide bonds. The number of ether oxygens (including phenoxy) is 1. The minimum atomic E-state index is 0.577. The smallest absolute Gasteiger partial charge is 0.213 e. The molecule has 0 radical (unpaired) electrons. The van der Waals surface area contributed by atoms with Crippen molar-refractivity contribution in [1.82, 2.24) is 25.4 Å². The molecule has 0 bridgehead atoms. The van der Waals surface area contributed by atoms with Gasteiger partial charge in [0.1, 0.15) is 0 Å². The fourth-order valence-corrected chi connectivity index (χ4v) is 2.39. The zero-order chi connectivity index (χ0) is 17.5. The molecule has 0 aliphatic rings. The number of aryl methyl sites for hydroxylation is 2. The molecule has 2 aromatic heterocycles. The van der Waals surface area contributed by atoms with E-state index in [4.69, 9.17) is 4.74 Å². The van der Waals surface area contributed by atoms with E-state index in [1.807, 2.05) is 43.8 Å². The monoisotopic (exact) mass is 330 g/mol. The molecule has 0 saturated heterocycles. The summed E-state index contributed by atoms with van der Waals surface area (Å²) in [5.41, 5.74) is 4.22. The first kappa shape index (κ1) is 17.8. The lowest BCUT2D eigenvalue weighted by Crippen LogP contribution is -2.37. The third kappa shape index (κ3) is 4.47. The van der Waals surface area contributed by atoms with Crippen LogP contribution in [0.5, 0.6) is 5.88 Å². The van der Waals surface area contributed by atoms with E-state index in [0.29, 0.717) is 19.0 Å². The second-order valence-corrected chi connectivity index (χ2v) is 5.49. The lowest BCUT2D eigenvalue weighted by Gasteiger charge is -2.11. The molecular formula is C17H26N6O. The third-order valence-electron chi connectivity index (χ3n) is 3.83. The van der Waals surface area contributed by atoms with Gasteiger partial charge in [-0.25, -0.2) is 9.98 Å². The average molecular weight is 330 g/mol. The van der Waals surface area contributed by atoms with Crippen LogP contribution in [0.4, 0.5) is 0 Å². The van der Waals surface area contributed by atoms with Crippen LogP contribution in [-0.4, -0.2) is 34.4 Å². The van der Waals surface area contributed by atoms with Gasteiger partial charge in [0, 0.05) is 30.9 Å². The van der Waals surface area contributed by atoms with Crippen molar-refractivity contribution in [3.05, 3.63) is 40.8 Å². The Morgan fingerprint density at radius 1 is 1.29 bits per heavy atom. The molecule has 2 aromatic rings. The van der Waals surface area contributed by atoms with Gasteiger partial charge in [-0.1, -0.05) is 6.07 Å². The number of nitrogens with one attached hydrogen (secondary N) is 2. The number of guanidine groups is 1. The van der Waals surface area contributed by atoms with Gasteiger partial charge in [-0.15, -0.1) is 0 Å². The van der Waals surface area contributed by atoms with E-state index in [0.717, 1.165) is 35.1 Å². The van der Waals surface area contributed by atoms with Gasteiger partial charge in [-0.3, -0.25) is 4.68 Å². The molecule has 7 nitrogen and oxygen atoms in total. The quantitative estimate of drug-likeness (QED) is 0.623. The number of pyridine rings is 1. The van der Waals surface area contributed by atoms with Crippen LogP contribution in [0.15, 0.2) is 23.2 Å². The van der Waals surface area contributed by atoms with E-state index in [9.17, 15) is 0 Å². The Balaban J connectivity index is 2.05.